The van der Waals surface area contributed by atoms with E-state index >= 15 is 0 Å². The first-order valence-corrected chi connectivity index (χ1v) is 13.5. The predicted molar refractivity (Wildman–Crippen MR) is 132 cm³/mol. The van der Waals surface area contributed by atoms with E-state index in [1.807, 2.05) is 18.2 Å². The minimum absolute atomic E-state index is 0.0448. The van der Waals surface area contributed by atoms with Gasteiger partial charge in [0.1, 0.15) is 0 Å². The fourth-order valence-corrected chi connectivity index (χ4v) is 6.09. The Kier molecular flexibility index (Phi) is 8.33. The summed E-state index contributed by atoms with van der Waals surface area (Å²) in [6, 6.07) is 16.3. The fourth-order valence-electron chi connectivity index (χ4n) is 4.62. The van der Waals surface area contributed by atoms with E-state index in [4.69, 9.17) is 4.74 Å². The van der Waals surface area contributed by atoms with E-state index in [1.54, 1.807) is 0 Å². The number of sulfonamides is 1. The molecule has 0 aromatic heterocycles. The summed E-state index contributed by atoms with van der Waals surface area (Å²) in [7, 11) is -3.65. The minimum Gasteiger partial charge on any atom is -0.374 e. The molecular weight excluding hydrogens is 466 g/mol. The van der Waals surface area contributed by atoms with Crippen molar-refractivity contribution in [3.63, 3.8) is 0 Å². The van der Waals surface area contributed by atoms with Gasteiger partial charge in [0.15, 0.2) is 5.78 Å². The highest BCUT2D eigenvalue weighted by Gasteiger charge is 2.32. The molecule has 0 aliphatic carbocycles. The second kappa shape index (κ2) is 11.4. The highest BCUT2D eigenvalue weighted by Crippen LogP contribution is 2.24. The van der Waals surface area contributed by atoms with E-state index in [1.165, 1.54) is 41.1 Å². The average molecular weight is 500 g/mol. The molecule has 0 saturated carbocycles. The Morgan fingerprint density at radius 3 is 2.34 bits per heavy atom. The Balaban J connectivity index is 1.23. The zero-order valence-electron chi connectivity index (χ0n) is 20.1. The lowest BCUT2D eigenvalue weighted by molar-refractivity contribution is -0.127. The van der Waals surface area contributed by atoms with Gasteiger partial charge in [-0.3, -0.25) is 14.5 Å². The normalized spacial score (nSPS) is 20.4. The van der Waals surface area contributed by atoms with Crippen LogP contribution in [0.4, 0.5) is 0 Å². The van der Waals surface area contributed by atoms with Gasteiger partial charge in [-0.2, -0.15) is 4.31 Å². The van der Waals surface area contributed by atoms with E-state index < -0.39 is 10.0 Å². The van der Waals surface area contributed by atoms with Crippen LogP contribution in [0.15, 0.2) is 59.5 Å². The molecule has 2 aliphatic heterocycles. The molecule has 2 heterocycles. The number of hydrogen-bond donors (Lipinski definition) is 1. The number of nitrogens with zero attached hydrogens (tertiary/aromatic N) is 2. The number of carbonyl (C=O) groups is 2. The Morgan fingerprint density at radius 2 is 1.69 bits per heavy atom. The maximum atomic E-state index is 13.0. The van der Waals surface area contributed by atoms with E-state index in [9.17, 15) is 18.0 Å². The van der Waals surface area contributed by atoms with Crippen LogP contribution in [0.2, 0.25) is 0 Å². The van der Waals surface area contributed by atoms with Crippen LogP contribution in [-0.2, 0) is 26.1 Å². The minimum atomic E-state index is -3.65. The number of morpholine rings is 1. The molecule has 8 nitrogen and oxygen atoms in total. The molecule has 2 saturated heterocycles. The SMILES string of the molecule is CC(=O)c1ccc(S(=O)(=O)N2CCC(C(=O)NCC3CN(Cc4ccccc4)CCO3)CC2)cc1. The van der Waals surface area contributed by atoms with Gasteiger partial charge in [-0.05, 0) is 37.5 Å². The van der Waals surface area contributed by atoms with Crippen LogP contribution < -0.4 is 5.32 Å². The summed E-state index contributed by atoms with van der Waals surface area (Å²) in [5.74, 6) is -0.370. The van der Waals surface area contributed by atoms with Gasteiger partial charge in [0.25, 0.3) is 0 Å². The van der Waals surface area contributed by atoms with Crippen molar-refractivity contribution in [1.29, 1.82) is 0 Å². The molecule has 0 bridgehead atoms. The number of hydrogen-bond acceptors (Lipinski definition) is 6. The van der Waals surface area contributed by atoms with E-state index in [0.29, 0.717) is 44.6 Å². The summed E-state index contributed by atoms with van der Waals surface area (Å²) in [6.07, 6.45) is 0.889. The van der Waals surface area contributed by atoms with Gasteiger partial charge in [0, 0.05) is 50.7 Å². The van der Waals surface area contributed by atoms with Gasteiger partial charge in [0.2, 0.25) is 15.9 Å². The van der Waals surface area contributed by atoms with Crippen molar-refractivity contribution in [3.05, 3.63) is 65.7 Å². The molecule has 2 aromatic carbocycles. The first-order valence-electron chi connectivity index (χ1n) is 12.1. The zero-order chi connectivity index (χ0) is 24.8. The molecule has 35 heavy (non-hydrogen) atoms. The maximum absolute atomic E-state index is 13.0. The molecule has 188 valence electrons. The summed E-state index contributed by atoms with van der Waals surface area (Å²) in [6.45, 7) is 5.60. The summed E-state index contributed by atoms with van der Waals surface area (Å²) in [5, 5.41) is 3.02. The lowest BCUT2D eigenvalue weighted by Gasteiger charge is -2.34. The van der Waals surface area contributed by atoms with Crippen LogP contribution in [0, 0.1) is 5.92 Å². The molecule has 1 unspecified atom stereocenters. The van der Waals surface area contributed by atoms with Crippen LogP contribution in [0.3, 0.4) is 0 Å². The number of nitrogens with one attached hydrogen (secondary N) is 1. The molecule has 2 aromatic rings. The molecule has 4 rings (SSSR count). The van der Waals surface area contributed by atoms with Gasteiger partial charge < -0.3 is 10.1 Å². The highest BCUT2D eigenvalue weighted by molar-refractivity contribution is 7.89. The molecule has 0 radical (unpaired) electrons. The number of carbonyl (C=O) groups excluding carboxylic acids is 2. The summed E-state index contributed by atoms with van der Waals surface area (Å²) in [5.41, 5.74) is 1.73. The molecule has 2 aliphatic rings. The standard InChI is InChI=1S/C26H33N3O5S/c1-20(30)22-7-9-25(10-8-22)35(32,33)29-13-11-23(12-14-29)26(31)27-17-24-19-28(15-16-34-24)18-21-5-3-2-4-6-21/h2-10,23-24H,11-19H2,1H3,(H,27,31). The van der Waals surface area contributed by atoms with E-state index in [2.05, 4.69) is 22.3 Å². The Hall–Kier alpha value is -2.59. The van der Waals surface area contributed by atoms with Crippen LogP contribution in [0.25, 0.3) is 0 Å². The second-order valence-electron chi connectivity index (χ2n) is 9.22. The Bertz CT molecular complexity index is 1110. The van der Waals surface area contributed by atoms with Crippen molar-refractivity contribution in [1.82, 2.24) is 14.5 Å². The number of ketones is 1. The van der Waals surface area contributed by atoms with E-state index in [-0.39, 0.29) is 28.6 Å². The first kappa shape index (κ1) is 25.5. The quantitative estimate of drug-likeness (QED) is 0.560. The van der Waals surface area contributed by atoms with Crippen molar-refractivity contribution >= 4 is 21.7 Å². The van der Waals surface area contributed by atoms with Crippen molar-refractivity contribution in [3.8, 4) is 0 Å². The number of Topliss-reactive ketones (excluding diaryl/α,β-unsaturated/α-hetero) is 1. The van der Waals surface area contributed by atoms with Crippen LogP contribution in [0.5, 0.6) is 0 Å². The van der Waals surface area contributed by atoms with Crippen molar-refractivity contribution in [2.24, 2.45) is 5.92 Å². The zero-order valence-corrected chi connectivity index (χ0v) is 20.9. The number of ether oxygens (including phenoxy) is 1. The van der Waals surface area contributed by atoms with Gasteiger partial charge in [-0.25, -0.2) is 8.42 Å². The van der Waals surface area contributed by atoms with Gasteiger partial charge in [0.05, 0.1) is 17.6 Å². The van der Waals surface area contributed by atoms with Crippen LogP contribution in [0.1, 0.15) is 35.7 Å². The molecule has 9 heteroatoms. The third kappa shape index (κ3) is 6.55. The topological polar surface area (TPSA) is 96.0 Å². The third-order valence-corrected chi connectivity index (χ3v) is 8.61. The monoisotopic (exact) mass is 499 g/mol. The summed E-state index contributed by atoms with van der Waals surface area (Å²) < 4.78 is 33.2. The van der Waals surface area contributed by atoms with Gasteiger partial charge in [-0.1, -0.05) is 42.5 Å². The number of rotatable bonds is 8. The summed E-state index contributed by atoms with van der Waals surface area (Å²) in [4.78, 5) is 26.7. The largest absolute Gasteiger partial charge is 0.374 e. The number of piperidine rings is 1. The van der Waals surface area contributed by atoms with Crippen molar-refractivity contribution in [2.45, 2.75) is 37.3 Å². The molecule has 2 fully saturated rings. The molecular formula is C26H33N3O5S. The third-order valence-electron chi connectivity index (χ3n) is 6.70. The Morgan fingerprint density at radius 1 is 1.00 bits per heavy atom. The molecule has 0 spiro atoms. The molecule has 1 N–H and O–H groups in total. The van der Waals surface area contributed by atoms with Crippen molar-refractivity contribution in [2.75, 3.05) is 39.3 Å². The maximum Gasteiger partial charge on any atom is 0.243 e. The van der Waals surface area contributed by atoms with Crippen molar-refractivity contribution < 1.29 is 22.7 Å². The van der Waals surface area contributed by atoms with Gasteiger partial charge in [-0.15, -0.1) is 0 Å². The fraction of sp³-hybridized carbons (Fsp3) is 0.462. The van der Waals surface area contributed by atoms with Gasteiger partial charge >= 0.3 is 0 Å². The van der Waals surface area contributed by atoms with Crippen LogP contribution in [-0.4, -0.2) is 74.7 Å². The van der Waals surface area contributed by atoms with E-state index in [0.717, 1.165) is 19.6 Å². The first-order chi connectivity index (χ1) is 16.8. The summed E-state index contributed by atoms with van der Waals surface area (Å²) >= 11 is 0. The predicted octanol–water partition coefficient (Wildman–Crippen LogP) is 2.31. The highest BCUT2D eigenvalue weighted by atomic mass is 32.2. The second-order valence-corrected chi connectivity index (χ2v) is 11.2. The van der Waals surface area contributed by atoms with Crippen LogP contribution >= 0.6 is 0 Å². The number of benzene rings is 2. The number of amides is 1. The lowest BCUT2D eigenvalue weighted by Crippen LogP contribution is -2.49. The smallest absolute Gasteiger partial charge is 0.243 e. The average Bonchev–Trinajstić information content (AvgIpc) is 2.88. The molecule has 1 amide bonds. The molecule has 1 atom stereocenters. The Labute approximate surface area is 207 Å². The lowest BCUT2D eigenvalue weighted by atomic mass is 9.97.